The molecule has 0 saturated heterocycles. The molecule has 0 heterocycles. The SMILES string of the molecule is CC(=O)/C(C[N+](C)(C)C)=N\[O-]. The van der Waals surface area contributed by atoms with Crippen LogP contribution in [0.15, 0.2) is 5.16 Å². The van der Waals surface area contributed by atoms with Gasteiger partial charge in [0.15, 0.2) is 5.78 Å². The third kappa shape index (κ3) is 4.50. The van der Waals surface area contributed by atoms with Gasteiger partial charge in [-0.05, 0) is 0 Å². The van der Waals surface area contributed by atoms with Crippen molar-refractivity contribution in [2.45, 2.75) is 6.92 Å². The summed E-state index contributed by atoms with van der Waals surface area (Å²) in [5.41, 5.74) is 0.109. The Morgan fingerprint density at radius 3 is 2.00 bits per heavy atom. The number of ketones is 1. The van der Waals surface area contributed by atoms with E-state index < -0.39 is 0 Å². The van der Waals surface area contributed by atoms with Crippen LogP contribution in [0.1, 0.15) is 6.92 Å². The summed E-state index contributed by atoms with van der Waals surface area (Å²) in [6.45, 7) is 1.74. The van der Waals surface area contributed by atoms with Gasteiger partial charge in [-0.1, -0.05) is 0 Å². The zero-order valence-electron chi connectivity index (χ0n) is 7.42. The number of rotatable bonds is 3. The standard InChI is InChI=1S/C7H14N2O2/c1-6(10)7(8-11)5-9(2,3)4/h5H2,1-4H3. The normalized spacial score (nSPS) is 13.3. The van der Waals surface area contributed by atoms with E-state index in [2.05, 4.69) is 5.16 Å². The second kappa shape index (κ2) is 3.48. The highest BCUT2D eigenvalue weighted by Gasteiger charge is 2.14. The number of Topliss-reactive ketones (excluding diaryl/α,β-unsaturated/α-hetero) is 1. The minimum absolute atomic E-state index is 0.109. The van der Waals surface area contributed by atoms with Gasteiger partial charge in [0.1, 0.15) is 12.3 Å². The van der Waals surface area contributed by atoms with Crippen LogP contribution in [0, 0.1) is 5.21 Å². The van der Waals surface area contributed by atoms with Gasteiger partial charge >= 0.3 is 0 Å². The Balaban J connectivity index is 4.24. The predicted molar refractivity (Wildman–Crippen MR) is 44.4 cm³/mol. The Bertz CT molecular complexity index is 179. The lowest BCUT2D eigenvalue weighted by Gasteiger charge is -2.24. The van der Waals surface area contributed by atoms with E-state index in [0.29, 0.717) is 11.0 Å². The smallest absolute Gasteiger partial charge is 0.178 e. The number of carbonyl (C=O) groups excluding carboxylic acids is 1. The van der Waals surface area contributed by atoms with E-state index in [1.807, 2.05) is 21.1 Å². The molecule has 0 rings (SSSR count). The molecule has 0 aliphatic heterocycles. The van der Waals surface area contributed by atoms with Crippen molar-refractivity contribution in [1.29, 1.82) is 0 Å². The molecule has 0 saturated carbocycles. The lowest BCUT2D eigenvalue weighted by Crippen LogP contribution is -2.41. The fraction of sp³-hybridized carbons (Fsp3) is 0.714. The third-order valence-corrected chi connectivity index (χ3v) is 1.14. The van der Waals surface area contributed by atoms with Gasteiger partial charge in [0.2, 0.25) is 0 Å². The van der Waals surface area contributed by atoms with Gasteiger partial charge in [-0.15, -0.1) is 0 Å². The van der Waals surface area contributed by atoms with Crippen molar-refractivity contribution in [1.82, 2.24) is 0 Å². The molecule has 0 atom stereocenters. The van der Waals surface area contributed by atoms with Gasteiger partial charge in [-0.25, -0.2) is 0 Å². The second-order valence-electron chi connectivity index (χ2n) is 3.54. The van der Waals surface area contributed by atoms with Gasteiger partial charge in [0.05, 0.1) is 21.1 Å². The molecule has 0 aliphatic rings. The molecule has 0 unspecified atom stereocenters. The number of hydrogen-bond acceptors (Lipinski definition) is 3. The van der Waals surface area contributed by atoms with Crippen LogP contribution < -0.4 is 0 Å². The first-order valence-corrected chi connectivity index (χ1v) is 3.37. The Labute approximate surface area is 66.7 Å². The first-order valence-electron chi connectivity index (χ1n) is 3.37. The van der Waals surface area contributed by atoms with Crippen molar-refractivity contribution >= 4 is 11.5 Å². The summed E-state index contributed by atoms with van der Waals surface area (Å²) in [5.74, 6) is -0.243. The quantitative estimate of drug-likeness (QED) is 0.335. The molecule has 0 aromatic rings. The fourth-order valence-electron chi connectivity index (χ4n) is 0.654. The highest BCUT2D eigenvalue weighted by atomic mass is 16.4. The summed E-state index contributed by atoms with van der Waals surface area (Å²) < 4.78 is 0.542. The van der Waals surface area contributed by atoms with Gasteiger partial charge in [-0.2, -0.15) is 0 Å². The zero-order valence-corrected chi connectivity index (χ0v) is 7.42. The van der Waals surface area contributed by atoms with Crippen LogP contribution in [0.4, 0.5) is 0 Å². The minimum atomic E-state index is -0.243. The molecule has 0 aliphatic carbocycles. The monoisotopic (exact) mass is 158 g/mol. The number of hydrogen-bond donors (Lipinski definition) is 0. The highest BCUT2D eigenvalue weighted by molar-refractivity contribution is 6.39. The molecule has 4 nitrogen and oxygen atoms in total. The van der Waals surface area contributed by atoms with Crippen LogP contribution in [0.2, 0.25) is 0 Å². The largest absolute Gasteiger partial charge is 0.792 e. The maximum atomic E-state index is 10.7. The van der Waals surface area contributed by atoms with Crippen molar-refractivity contribution in [2.75, 3.05) is 27.7 Å². The van der Waals surface area contributed by atoms with E-state index in [4.69, 9.17) is 0 Å². The molecule has 0 bridgehead atoms. The molecular formula is C7H14N2O2. The topological polar surface area (TPSA) is 52.5 Å². The Morgan fingerprint density at radius 1 is 1.45 bits per heavy atom. The summed E-state index contributed by atoms with van der Waals surface area (Å²) in [5, 5.41) is 12.8. The lowest BCUT2D eigenvalue weighted by atomic mass is 10.2. The molecule has 0 aromatic carbocycles. The van der Waals surface area contributed by atoms with Crippen LogP contribution in [0.5, 0.6) is 0 Å². The van der Waals surface area contributed by atoms with Crippen LogP contribution in [0.25, 0.3) is 0 Å². The van der Waals surface area contributed by atoms with Crippen molar-refractivity contribution in [3.05, 3.63) is 5.21 Å². The maximum Gasteiger partial charge on any atom is 0.178 e. The second-order valence-corrected chi connectivity index (χ2v) is 3.54. The Hall–Kier alpha value is -0.900. The van der Waals surface area contributed by atoms with Crippen LogP contribution >= 0.6 is 0 Å². The van der Waals surface area contributed by atoms with Crippen LogP contribution in [0.3, 0.4) is 0 Å². The molecule has 11 heavy (non-hydrogen) atoms. The minimum Gasteiger partial charge on any atom is -0.792 e. The summed E-state index contributed by atoms with van der Waals surface area (Å²) >= 11 is 0. The first-order chi connectivity index (χ1) is 4.87. The Kier molecular flexibility index (Phi) is 3.19. The van der Waals surface area contributed by atoms with Crippen LogP contribution in [-0.2, 0) is 4.79 Å². The maximum absolute atomic E-state index is 10.7. The van der Waals surface area contributed by atoms with E-state index in [9.17, 15) is 10.0 Å². The fourth-order valence-corrected chi connectivity index (χ4v) is 0.654. The van der Waals surface area contributed by atoms with E-state index in [0.717, 1.165) is 0 Å². The highest BCUT2D eigenvalue weighted by Crippen LogP contribution is 1.92. The summed E-state index contributed by atoms with van der Waals surface area (Å²) in [7, 11) is 5.69. The average Bonchev–Trinajstić information content (AvgIpc) is 1.80. The zero-order chi connectivity index (χ0) is 9.07. The van der Waals surface area contributed by atoms with Gasteiger partial charge < -0.3 is 14.8 Å². The molecule has 0 radical (unpaired) electrons. The lowest BCUT2D eigenvalue weighted by molar-refractivity contribution is -0.860. The summed E-state index contributed by atoms with van der Waals surface area (Å²) in [4.78, 5) is 10.7. The molecule has 0 fully saturated rings. The molecule has 0 aromatic heterocycles. The molecule has 64 valence electrons. The number of carbonyl (C=O) groups is 1. The Morgan fingerprint density at radius 2 is 1.91 bits per heavy atom. The van der Waals surface area contributed by atoms with Crippen molar-refractivity contribution < 1.29 is 9.28 Å². The van der Waals surface area contributed by atoms with Crippen LogP contribution in [-0.4, -0.2) is 43.7 Å². The average molecular weight is 158 g/mol. The van der Waals surface area contributed by atoms with Gasteiger partial charge in [-0.3, -0.25) is 4.79 Å². The number of nitrogens with zero attached hydrogens (tertiary/aromatic N) is 2. The van der Waals surface area contributed by atoms with E-state index in [1.54, 1.807) is 0 Å². The molecule has 0 N–H and O–H groups in total. The van der Waals surface area contributed by atoms with Crippen molar-refractivity contribution in [3.63, 3.8) is 0 Å². The molecule has 0 spiro atoms. The van der Waals surface area contributed by atoms with Gasteiger partial charge in [0.25, 0.3) is 0 Å². The van der Waals surface area contributed by atoms with Gasteiger partial charge in [0, 0.05) is 6.92 Å². The number of quaternary nitrogens is 1. The van der Waals surface area contributed by atoms with E-state index in [1.165, 1.54) is 6.92 Å². The predicted octanol–water partition coefficient (Wildman–Crippen LogP) is 0.220. The van der Waals surface area contributed by atoms with E-state index >= 15 is 0 Å². The molecular weight excluding hydrogens is 144 g/mol. The molecule has 4 heteroatoms. The first kappa shape index (κ1) is 10.1. The summed E-state index contributed by atoms with van der Waals surface area (Å²) in [6.07, 6.45) is 0. The third-order valence-electron chi connectivity index (χ3n) is 1.14. The molecule has 0 amide bonds. The van der Waals surface area contributed by atoms with E-state index in [-0.39, 0.29) is 11.5 Å². The van der Waals surface area contributed by atoms with Crippen molar-refractivity contribution in [2.24, 2.45) is 5.16 Å². The van der Waals surface area contributed by atoms with Crippen molar-refractivity contribution in [3.8, 4) is 0 Å². The summed E-state index contributed by atoms with van der Waals surface area (Å²) in [6, 6.07) is 0.